The van der Waals surface area contributed by atoms with Gasteiger partial charge in [-0.15, -0.1) is 0 Å². The van der Waals surface area contributed by atoms with Gasteiger partial charge in [-0.1, -0.05) is 77.3 Å². The first-order valence-electron chi connectivity index (χ1n) is 10.2. The molecule has 0 aliphatic heterocycles. The highest BCUT2D eigenvalue weighted by Crippen LogP contribution is 2.35. The predicted octanol–water partition coefficient (Wildman–Crippen LogP) is 7.92. The second-order valence-corrected chi connectivity index (χ2v) is 8.64. The minimum absolute atomic E-state index is 0.136. The summed E-state index contributed by atoms with van der Waals surface area (Å²) in [6, 6.07) is 25.6. The maximum atomic E-state index is 12.7. The number of carbonyl (C=O) groups excluding carboxylic acids is 1. The summed E-state index contributed by atoms with van der Waals surface area (Å²) in [7, 11) is 0. The van der Waals surface area contributed by atoms with E-state index in [1.165, 1.54) is 6.08 Å². The maximum Gasteiger partial charge on any atom is 0.266 e. The number of fused-ring (bicyclic) bond motifs is 1. The third kappa shape index (κ3) is 5.52. The lowest BCUT2D eigenvalue weighted by molar-refractivity contribution is -0.112. The Balaban J connectivity index is 1.63. The van der Waals surface area contributed by atoms with E-state index < -0.39 is 5.91 Å². The molecule has 0 aliphatic carbocycles. The molecule has 0 atom stereocenters. The first-order valence-corrected chi connectivity index (χ1v) is 11.3. The molecule has 0 aliphatic rings. The SMILES string of the molecule is N#C/C(=C\c1cc(Cl)cc(Cl)c1OCc1cccc2ccccc12)C(=O)Nc1ccc(Cl)cc1. The molecule has 1 amide bonds. The van der Waals surface area contributed by atoms with E-state index in [0.29, 0.717) is 27.0 Å². The van der Waals surface area contributed by atoms with E-state index in [1.807, 2.05) is 48.5 Å². The molecule has 4 aromatic rings. The van der Waals surface area contributed by atoms with Gasteiger partial charge in [0.15, 0.2) is 0 Å². The summed E-state index contributed by atoms with van der Waals surface area (Å²) in [6.07, 6.45) is 1.40. The van der Waals surface area contributed by atoms with Crippen LogP contribution in [0.1, 0.15) is 11.1 Å². The highest BCUT2D eigenvalue weighted by molar-refractivity contribution is 6.36. The number of anilines is 1. The van der Waals surface area contributed by atoms with Crippen molar-refractivity contribution in [2.24, 2.45) is 0 Å². The molecule has 7 heteroatoms. The molecule has 4 aromatic carbocycles. The fraction of sp³-hybridized carbons (Fsp3) is 0.0370. The Kier molecular flexibility index (Phi) is 7.40. The molecule has 0 aromatic heterocycles. The summed E-state index contributed by atoms with van der Waals surface area (Å²) >= 11 is 18.5. The van der Waals surface area contributed by atoms with Crippen LogP contribution in [-0.4, -0.2) is 5.91 Å². The number of halogens is 3. The van der Waals surface area contributed by atoms with Crippen LogP contribution in [0, 0.1) is 11.3 Å². The first kappa shape index (κ1) is 23.7. The molecule has 1 N–H and O–H groups in total. The van der Waals surface area contributed by atoms with Gasteiger partial charge in [-0.3, -0.25) is 4.79 Å². The van der Waals surface area contributed by atoms with Crippen molar-refractivity contribution < 1.29 is 9.53 Å². The van der Waals surface area contributed by atoms with Crippen molar-refractivity contribution >= 4 is 63.2 Å². The van der Waals surface area contributed by atoms with Crippen LogP contribution in [0.4, 0.5) is 5.69 Å². The number of nitrogens with zero attached hydrogens (tertiary/aromatic N) is 1. The van der Waals surface area contributed by atoms with E-state index in [1.54, 1.807) is 36.4 Å². The molecule has 0 spiro atoms. The van der Waals surface area contributed by atoms with Gasteiger partial charge in [0.25, 0.3) is 5.91 Å². The molecule has 34 heavy (non-hydrogen) atoms. The second kappa shape index (κ2) is 10.6. The van der Waals surface area contributed by atoms with Gasteiger partial charge in [-0.2, -0.15) is 5.26 Å². The summed E-state index contributed by atoms with van der Waals surface area (Å²) in [6.45, 7) is 0.238. The lowest BCUT2D eigenvalue weighted by Crippen LogP contribution is -2.13. The molecule has 0 unspecified atom stereocenters. The van der Waals surface area contributed by atoms with Crippen LogP contribution in [0.2, 0.25) is 15.1 Å². The van der Waals surface area contributed by atoms with Gasteiger partial charge in [-0.05, 0) is 58.8 Å². The highest BCUT2D eigenvalue weighted by atomic mass is 35.5. The van der Waals surface area contributed by atoms with Crippen molar-refractivity contribution in [2.45, 2.75) is 6.61 Å². The normalized spacial score (nSPS) is 11.2. The minimum Gasteiger partial charge on any atom is -0.487 e. The summed E-state index contributed by atoms with van der Waals surface area (Å²) < 4.78 is 6.08. The number of amides is 1. The topological polar surface area (TPSA) is 62.1 Å². The molecule has 4 nitrogen and oxygen atoms in total. The number of ether oxygens (including phenoxy) is 1. The molecular formula is C27H17Cl3N2O2. The lowest BCUT2D eigenvalue weighted by atomic mass is 10.1. The Bertz CT molecular complexity index is 1440. The zero-order valence-electron chi connectivity index (χ0n) is 17.7. The van der Waals surface area contributed by atoms with Crippen LogP contribution in [0.25, 0.3) is 16.8 Å². The number of carbonyl (C=O) groups is 1. The van der Waals surface area contributed by atoms with Gasteiger partial charge in [-0.25, -0.2) is 0 Å². The first-order chi connectivity index (χ1) is 16.4. The average Bonchev–Trinajstić information content (AvgIpc) is 2.83. The summed E-state index contributed by atoms with van der Waals surface area (Å²) in [5.41, 5.74) is 1.76. The largest absolute Gasteiger partial charge is 0.487 e. The van der Waals surface area contributed by atoms with Crippen molar-refractivity contribution in [2.75, 3.05) is 5.32 Å². The summed E-state index contributed by atoms with van der Waals surface area (Å²) in [4.78, 5) is 12.7. The van der Waals surface area contributed by atoms with Crippen molar-refractivity contribution in [3.8, 4) is 11.8 Å². The molecule has 0 saturated heterocycles. The van der Waals surface area contributed by atoms with Crippen molar-refractivity contribution in [3.05, 3.63) is 111 Å². The molecule has 168 valence electrons. The average molecular weight is 508 g/mol. The predicted molar refractivity (Wildman–Crippen MR) is 138 cm³/mol. The monoisotopic (exact) mass is 506 g/mol. The minimum atomic E-state index is -0.582. The zero-order chi connectivity index (χ0) is 24.1. The number of nitriles is 1. The third-order valence-electron chi connectivity index (χ3n) is 5.06. The molecule has 0 heterocycles. The van der Waals surface area contributed by atoms with Crippen LogP contribution in [0.5, 0.6) is 5.75 Å². The van der Waals surface area contributed by atoms with Crippen LogP contribution in [-0.2, 0) is 11.4 Å². The fourth-order valence-electron chi connectivity index (χ4n) is 3.44. The van der Waals surface area contributed by atoms with E-state index in [0.717, 1.165) is 16.3 Å². The van der Waals surface area contributed by atoms with Gasteiger partial charge in [0, 0.05) is 21.3 Å². The third-order valence-corrected chi connectivity index (χ3v) is 5.81. The summed E-state index contributed by atoms with van der Waals surface area (Å²) in [5, 5.41) is 15.6. The number of hydrogen-bond acceptors (Lipinski definition) is 3. The molecule has 0 saturated carbocycles. The van der Waals surface area contributed by atoms with E-state index >= 15 is 0 Å². The van der Waals surface area contributed by atoms with Crippen molar-refractivity contribution in [3.63, 3.8) is 0 Å². The van der Waals surface area contributed by atoms with E-state index in [2.05, 4.69) is 5.32 Å². The van der Waals surface area contributed by atoms with E-state index in [9.17, 15) is 10.1 Å². The second-order valence-electron chi connectivity index (χ2n) is 7.36. The fourth-order valence-corrected chi connectivity index (χ4v) is 4.13. The van der Waals surface area contributed by atoms with Gasteiger partial charge >= 0.3 is 0 Å². The van der Waals surface area contributed by atoms with Crippen LogP contribution in [0.15, 0.2) is 84.4 Å². The highest BCUT2D eigenvalue weighted by Gasteiger charge is 2.15. The smallest absolute Gasteiger partial charge is 0.266 e. The Morgan fingerprint density at radius 2 is 1.68 bits per heavy atom. The number of rotatable bonds is 6. The standard InChI is InChI=1S/C27H17Cl3N2O2/c28-21-8-10-23(11-9-21)32-27(33)20(15-31)12-19-13-22(29)14-25(30)26(19)34-16-18-6-3-5-17-4-1-2-7-24(17)18/h1-14H,16H2,(H,32,33)/b20-12+. The van der Waals surface area contributed by atoms with Gasteiger partial charge in [0.2, 0.25) is 0 Å². The van der Waals surface area contributed by atoms with Crippen molar-refractivity contribution in [1.29, 1.82) is 5.26 Å². The molecule has 0 radical (unpaired) electrons. The Labute approximate surface area is 211 Å². The Morgan fingerprint density at radius 3 is 2.44 bits per heavy atom. The van der Waals surface area contributed by atoms with Gasteiger partial charge in [0.05, 0.1) is 5.02 Å². The van der Waals surface area contributed by atoms with Gasteiger partial charge < -0.3 is 10.1 Å². The Hall–Kier alpha value is -3.49. The van der Waals surface area contributed by atoms with E-state index in [-0.39, 0.29) is 17.2 Å². The van der Waals surface area contributed by atoms with Crippen LogP contribution >= 0.6 is 34.8 Å². The molecular weight excluding hydrogens is 491 g/mol. The number of hydrogen-bond donors (Lipinski definition) is 1. The molecule has 4 rings (SSSR count). The number of benzene rings is 4. The maximum absolute atomic E-state index is 12.7. The lowest BCUT2D eigenvalue weighted by Gasteiger charge is -2.14. The molecule has 0 fully saturated rings. The van der Waals surface area contributed by atoms with E-state index in [4.69, 9.17) is 39.5 Å². The quantitative estimate of drug-likeness (QED) is 0.213. The van der Waals surface area contributed by atoms with Gasteiger partial charge in [0.1, 0.15) is 24.0 Å². The van der Waals surface area contributed by atoms with Crippen LogP contribution < -0.4 is 10.1 Å². The molecule has 0 bridgehead atoms. The zero-order valence-corrected chi connectivity index (χ0v) is 20.0. The Morgan fingerprint density at radius 1 is 0.941 bits per heavy atom. The van der Waals surface area contributed by atoms with Crippen LogP contribution in [0.3, 0.4) is 0 Å². The number of nitrogens with one attached hydrogen (secondary N) is 1. The summed E-state index contributed by atoms with van der Waals surface area (Å²) in [5.74, 6) is -0.257. The van der Waals surface area contributed by atoms with Crippen molar-refractivity contribution in [1.82, 2.24) is 0 Å².